The van der Waals surface area contributed by atoms with E-state index in [1.54, 1.807) is 24.4 Å². The van der Waals surface area contributed by atoms with E-state index in [9.17, 15) is 17.6 Å². The molecule has 3 aromatic rings. The van der Waals surface area contributed by atoms with E-state index in [2.05, 4.69) is 25.6 Å². The summed E-state index contributed by atoms with van der Waals surface area (Å²) < 4.78 is 54.1. The number of nitrogens with one attached hydrogen (secondary N) is 1. The highest BCUT2D eigenvalue weighted by Gasteiger charge is 2.34. The van der Waals surface area contributed by atoms with Crippen LogP contribution in [0.4, 0.5) is 23.5 Å². The lowest BCUT2D eigenvalue weighted by molar-refractivity contribution is -0.141. The van der Waals surface area contributed by atoms with Gasteiger partial charge in [0.15, 0.2) is 5.69 Å². The van der Waals surface area contributed by atoms with Crippen molar-refractivity contribution in [2.45, 2.75) is 13.1 Å². The zero-order valence-corrected chi connectivity index (χ0v) is 14.4. The predicted molar refractivity (Wildman–Crippen MR) is 89.5 cm³/mol. The Hall–Kier alpha value is -2.82. The fourth-order valence-corrected chi connectivity index (χ4v) is 2.83. The van der Waals surface area contributed by atoms with Gasteiger partial charge in [-0.1, -0.05) is 6.07 Å². The summed E-state index contributed by atoms with van der Waals surface area (Å²) in [7, 11) is 1.43. The summed E-state index contributed by atoms with van der Waals surface area (Å²) in [6.07, 6.45) is -3.52. The molecule has 0 spiro atoms. The molecule has 0 radical (unpaired) electrons. The zero-order chi connectivity index (χ0) is 18.9. The van der Waals surface area contributed by atoms with Crippen LogP contribution < -0.4 is 5.43 Å². The summed E-state index contributed by atoms with van der Waals surface area (Å²) in [4.78, 5) is 8.01. The molecule has 26 heavy (non-hydrogen) atoms. The van der Waals surface area contributed by atoms with Crippen molar-refractivity contribution < 1.29 is 17.6 Å². The Morgan fingerprint density at radius 3 is 2.65 bits per heavy atom. The van der Waals surface area contributed by atoms with Crippen molar-refractivity contribution in [2.75, 3.05) is 5.43 Å². The van der Waals surface area contributed by atoms with E-state index in [0.29, 0.717) is 10.6 Å². The highest BCUT2D eigenvalue weighted by atomic mass is 32.1. The van der Waals surface area contributed by atoms with Gasteiger partial charge in [-0.2, -0.15) is 27.8 Å². The first-order valence-electron chi connectivity index (χ1n) is 7.24. The number of hydrogen-bond donors (Lipinski definition) is 1. The van der Waals surface area contributed by atoms with Gasteiger partial charge in [-0.05, 0) is 24.4 Å². The number of rotatable bonds is 4. The van der Waals surface area contributed by atoms with Crippen LogP contribution in [0.3, 0.4) is 0 Å². The quantitative estimate of drug-likeness (QED) is 0.422. The summed E-state index contributed by atoms with van der Waals surface area (Å²) in [5.41, 5.74) is 1.84. The van der Waals surface area contributed by atoms with Gasteiger partial charge in [-0.25, -0.2) is 20.1 Å². The van der Waals surface area contributed by atoms with E-state index in [1.807, 2.05) is 0 Å². The molecule has 0 saturated carbocycles. The maximum absolute atomic E-state index is 13.8. The van der Waals surface area contributed by atoms with Crippen molar-refractivity contribution in [1.82, 2.24) is 19.7 Å². The molecule has 3 aromatic heterocycles. The van der Waals surface area contributed by atoms with Gasteiger partial charge in [0.2, 0.25) is 11.9 Å². The number of aromatic nitrogens is 4. The van der Waals surface area contributed by atoms with Crippen molar-refractivity contribution in [1.29, 1.82) is 0 Å². The van der Waals surface area contributed by atoms with Crippen LogP contribution in [0, 0.1) is 12.9 Å². The summed E-state index contributed by atoms with van der Waals surface area (Å²) in [6.45, 7) is 1.58. The molecule has 0 aliphatic heterocycles. The van der Waals surface area contributed by atoms with Crippen LogP contribution in [0.25, 0.3) is 10.6 Å². The third-order valence-electron chi connectivity index (χ3n) is 3.34. The Kier molecular flexibility index (Phi) is 4.72. The Morgan fingerprint density at radius 1 is 1.31 bits per heavy atom. The third-order valence-corrected chi connectivity index (χ3v) is 4.24. The largest absolute Gasteiger partial charge is 0.433 e. The lowest BCUT2D eigenvalue weighted by Gasteiger charge is -2.09. The molecule has 0 saturated heterocycles. The van der Waals surface area contributed by atoms with Crippen molar-refractivity contribution in [2.24, 2.45) is 12.1 Å². The van der Waals surface area contributed by atoms with Crippen molar-refractivity contribution >= 4 is 23.5 Å². The zero-order valence-electron chi connectivity index (χ0n) is 13.5. The van der Waals surface area contributed by atoms with Crippen molar-refractivity contribution in [3.05, 3.63) is 46.5 Å². The van der Waals surface area contributed by atoms with Crippen LogP contribution >= 0.6 is 11.3 Å². The molecule has 0 unspecified atom stereocenters. The van der Waals surface area contributed by atoms with Gasteiger partial charge in [0.05, 0.1) is 28.0 Å². The molecule has 3 heterocycles. The monoisotopic (exact) mass is 384 g/mol. The van der Waals surface area contributed by atoms with E-state index in [-0.39, 0.29) is 17.2 Å². The summed E-state index contributed by atoms with van der Waals surface area (Å²) in [6, 6.07) is 4.22. The van der Waals surface area contributed by atoms with Crippen LogP contribution in [0.5, 0.6) is 0 Å². The number of hydrazone groups is 1. The fourth-order valence-electron chi connectivity index (χ4n) is 2.14. The Labute approximate surface area is 149 Å². The molecular formula is C15H12F4N6S. The second-order valence-corrected chi connectivity index (χ2v) is 6.17. The SMILES string of the molecule is Cc1nn(C)c(F)c1/C=N/Nc1nc(-c2cccs2)cc(C(F)(F)F)n1. The Bertz CT molecular complexity index is 946. The molecule has 0 aliphatic carbocycles. The van der Waals surface area contributed by atoms with Gasteiger partial charge in [0.25, 0.3) is 0 Å². The lowest BCUT2D eigenvalue weighted by atomic mass is 10.3. The molecule has 0 aromatic carbocycles. The molecule has 136 valence electrons. The second kappa shape index (κ2) is 6.83. The minimum absolute atomic E-state index is 0.115. The number of hydrogen-bond acceptors (Lipinski definition) is 6. The average molecular weight is 384 g/mol. The topological polar surface area (TPSA) is 68.0 Å². The predicted octanol–water partition coefficient (Wildman–Crippen LogP) is 3.85. The molecule has 1 N–H and O–H groups in total. The standard InChI is InChI=1S/C15H12F4N6S/c1-8-9(13(16)25(2)24-8)7-20-23-14-21-10(11-4-3-5-26-11)6-12(22-14)15(17,18)19/h3-7H,1-2H3,(H,21,22,23)/b20-7+. The molecule has 11 heteroatoms. The van der Waals surface area contributed by atoms with E-state index >= 15 is 0 Å². The van der Waals surface area contributed by atoms with Gasteiger partial charge < -0.3 is 0 Å². The summed E-state index contributed by atoms with van der Waals surface area (Å²) in [5.74, 6) is -0.960. The number of aryl methyl sites for hydroxylation is 2. The van der Waals surface area contributed by atoms with Crippen LogP contribution in [0.15, 0.2) is 28.7 Å². The van der Waals surface area contributed by atoms with Crippen LogP contribution in [-0.2, 0) is 13.2 Å². The molecule has 3 rings (SSSR count). The van der Waals surface area contributed by atoms with Gasteiger partial charge in [-0.3, -0.25) is 0 Å². The number of thiophene rings is 1. The molecular weight excluding hydrogens is 372 g/mol. The summed E-state index contributed by atoms with van der Waals surface area (Å²) >= 11 is 1.25. The van der Waals surface area contributed by atoms with E-state index in [4.69, 9.17) is 0 Å². The molecule has 0 aliphatic rings. The highest BCUT2D eigenvalue weighted by Crippen LogP contribution is 2.32. The van der Waals surface area contributed by atoms with Crippen LogP contribution in [0.2, 0.25) is 0 Å². The van der Waals surface area contributed by atoms with E-state index in [0.717, 1.165) is 17.0 Å². The average Bonchev–Trinajstić information content (AvgIpc) is 3.18. The van der Waals surface area contributed by atoms with Crippen LogP contribution in [0.1, 0.15) is 17.0 Å². The van der Waals surface area contributed by atoms with Gasteiger partial charge in [0.1, 0.15) is 0 Å². The van der Waals surface area contributed by atoms with Gasteiger partial charge >= 0.3 is 6.18 Å². The van der Waals surface area contributed by atoms with E-state index in [1.165, 1.54) is 18.4 Å². The number of halogens is 4. The normalized spacial score (nSPS) is 12.1. The molecule has 0 atom stereocenters. The van der Waals surface area contributed by atoms with Gasteiger partial charge in [-0.15, -0.1) is 11.3 Å². The van der Waals surface area contributed by atoms with Crippen molar-refractivity contribution in [3.63, 3.8) is 0 Å². The molecule has 6 nitrogen and oxygen atoms in total. The second-order valence-electron chi connectivity index (χ2n) is 5.22. The smallest absolute Gasteiger partial charge is 0.245 e. The number of nitrogens with zero attached hydrogens (tertiary/aromatic N) is 5. The number of anilines is 1. The van der Waals surface area contributed by atoms with Crippen molar-refractivity contribution in [3.8, 4) is 10.6 Å². The van der Waals surface area contributed by atoms with Crippen LogP contribution in [-0.4, -0.2) is 26.0 Å². The first kappa shape index (κ1) is 18.0. The minimum atomic E-state index is -4.64. The number of alkyl halides is 3. The first-order valence-corrected chi connectivity index (χ1v) is 8.12. The first-order chi connectivity index (χ1) is 12.3. The highest BCUT2D eigenvalue weighted by molar-refractivity contribution is 7.13. The molecule has 0 fully saturated rings. The summed E-state index contributed by atoms with van der Waals surface area (Å²) in [5, 5.41) is 9.34. The third kappa shape index (κ3) is 3.72. The maximum atomic E-state index is 13.8. The Balaban J connectivity index is 1.92. The van der Waals surface area contributed by atoms with Gasteiger partial charge in [0, 0.05) is 7.05 Å². The molecule has 0 bridgehead atoms. The van der Waals surface area contributed by atoms with E-state index < -0.39 is 17.8 Å². The lowest BCUT2D eigenvalue weighted by Crippen LogP contribution is -2.11. The minimum Gasteiger partial charge on any atom is -0.245 e. The molecule has 0 amide bonds. The fraction of sp³-hybridized carbons (Fsp3) is 0.200. The Morgan fingerprint density at radius 2 is 2.08 bits per heavy atom. The maximum Gasteiger partial charge on any atom is 0.433 e.